The van der Waals surface area contributed by atoms with Gasteiger partial charge in [-0.25, -0.2) is 0 Å². The molecule has 8 heavy (non-hydrogen) atoms. The largest absolute Gasteiger partial charge is 0.326 e. The first kappa shape index (κ1) is 7.87. The number of thioether (sulfide) groups is 1. The molecule has 1 nitrogen and oxygen atoms in total. The third kappa shape index (κ3) is 4.04. The van der Waals surface area contributed by atoms with E-state index >= 15 is 0 Å². The van der Waals surface area contributed by atoms with Crippen molar-refractivity contribution in [3.8, 4) is 12.3 Å². The second kappa shape index (κ2) is 5.02. The Bertz CT molecular complexity index is 85.0. The van der Waals surface area contributed by atoms with Gasteiger partial charge in [0.1, 0.15) is 0 Å². The smallest absolute Gasteiger partial charge is 0.0246 e. The molecule has 0 rings (SSSR count). The van der Waals surface area contributed by atoms with E-state index in [4.69, 9.17) is 12.2 Å². The Morgan fingerprint density at radius 3 is 2.88 bits per heavy atom. The second-order valence-corrected chi connectivity index (χ2v) is 2.53. The molecule has 0 aromatic heterocycles. The lowest BCUT2D eigenvalue weighted by Gasteiger charge is -2.02. The van der Waals surface area contributed by atoms with Crippen LogP contribution in [-0.4, -0.2) is 18.1 Å². The Kier molecular flexibility index (Phi) is 4.93. The average Bonchev–Trinajstić information content (AvgIpc) is 1.68. The summed E-state index contributed by atoms with van der Waals surface area (Å²) in [5.41, 5.74) is 5.53. The fraction of sp³-hybridized carbons (Fsp3) is 0.667. The van der Waals surface area contributed by atoms with Gasteiger partial charge in [-0.15, -0.1) is 12.3 Å². The maximum absolute atomic E-state index is 5.53. The number of rotatable bonds is 3. The Balaban J connectivity index is 3.08. The van der Waals surface area contributed by atoms with Gasteiger partial charge in [0.2, 0.25) is 0 Å². The summed E-state index contributed by atoms with van der Waals surface area (Å²) >= 11 is 1.73. The maximum atomic E-state index is 5.53. The van der Waals surface area contributed by atoms with Crippen LogP contribution in [0.1, 0.15) is 6.42 Å². The molecule has 0 aromatic carbocycles. The van der Waals surface area contributed by atoms with E-state index in [9.17, 15) is 0 Å². The van der Waals surface area contributed by atoms with E-state index in [-0.39, 0.29) is 6.04 Å². The molecular weight excluding hydrogens is 118 g/mol. The summed E-state index contributed by atoms with van der Waals surface area (Å²) in [6, 6.07) is 0.190. The lowest BCUT2D eigenvalue weighted by molar-refractivity contribution is 0.783. The summed E-state index contributed by atoms with van der Waals surface area (Å²) in [4.78, 5) is 0. The number of terminal acetylenes is 1. The monoisotopic (exact) mass is 129 g/mol. The molecular formula is C6H11NS. The van der Waals surface area contributed by atoms with Gasteiger partial charge in [0, 0.05) is 18.2 Å². The SMILES string of the molecule is C#CCC(N)CSC. The quantitative estimate of drug-likeness (QED) is 0.568. The van der Waals surface area contributed by atoms with Crippen LogP contribution in [0.2, 0.25) is 0 Å². The normalized spacial score (nSPS) is 12.6. The zero-order valence-corrected chi connectivity index (χ0v) is 5.87. The molecule has 0 spiro atoms. The van der Waals surface area contributed by atoms with Gasteiger partial charge in [0.05, 0.1) is 0 Å². The number of hydrogen-bond acceptors (Lipinski definition) is 2. The van der Waals surface area contributed by atoms with E-state index in [2.05, 4.69) is 5.92 Å². The zero-order chi connectivity index (χ0) is 6.41. The minimum Gasteiger partial charge on any atom is -0.326 e. The highest BCUT2D eigenvalue weighted by Gasteiger charge is 1.95. The molecule has 2 heteroatoms. The van der Waals surface area contributed by atoms with E-state index in [1.54, 1.807) is 11.8 Å². The summed E-state index contributed by atoms with van der Waals surface area (Å²) in [6.45, 7) is 0. The maximum Gasteiger partial charge on any atom is 0.0246 e. The molecule has 0 aliphatic rings. The van der Waals surface area contributed by atoms with Crippen molar-refractivity contribution in [1.82, 2.24) is 0 Å². The summed E-state index contributed by atoms with van der Waals surface area (Å²) in [5.74, 6) is 3.48. The second-order valence-electron chi connectivity index (χ2n) is 1.62. The van der Waals surface area contributed by atoms with Gasteiger partial charge in [-0.05, 0) is 6.26 Å². The first-order valence-corrected chi connectivity index (χ1v) is 3.88. The predicted molar refractivity (Wildman–Crippen MR) is 39.8 cm³/mol. The lowest BCUT2D eigenvalue weighted by atomic mass is 10.3. The van der Waals surface area contributed by atoms with E-state index in [1.165, 1.54) is 0 Å². The van der Waals surface area contributed by atoms with E-state index < -0.39 is 0 Å². The van der Waals surface area contributed by atoms with Gasteiger partial charge in [0.15, 0.2) is 0 Å². The molecule has 0 fully saturated rings. The molecule has 1 unspecified atom stereocenters. The number of hydrogen-bond donors (Lipinski definition) is 1. The summed E-state index contributed by atoms with van der Waals surface area (Å²) in [6.07, 6.45) is 7.74. The van der Waals surface area contributed by atoms with Crippen LogP contribution in [0.15, 0.2) is 0 Å². The molecule has 0 amide bonds. The third-order valence-corrected chi connectivity index (χ3v) is 1.52. The molecule has 2 N–H and O–H groups in total. The Morgan fingerprint density at radius 2 is 2.50 bits per heavy atom. The van der Waals surface area contributed by atoms with E-state index in [1.807, 2.05) is 6.26 Å². The molecule has 0 saturated heterocycles. The van der Waals surface area contributed by atoms with Gasteiger partial charge >= 0.3 is 0 Å². The minimum absolute atomic E-state index is 0.190. The van der Waals surface area contributed by atoms with Gasteiger partial charge in [-0.3, -0.25) is 0 Å². The van der Waals surface area contributed by atoms with Crippen molar-refractivity contribution in [2.45, 2.75) is 12.5 Å². The molecule has 1 atom stereocenters. The van der Waals surface area contributed by atoms with Gasteiger partial charge < -0.3 is 5.73 Å². The van der Waals surface area contributed by atoms with Crippen LogP contribution in [0.5, 0.6) is 0 Å². The van der Waals surface area contributed by atoms with Crippen molar-refractivity contribution in [1.29, 1.82) is 0 Å². The third-order valence-electron chi connectivity index (χ3n) is 0.761. The average molecular weight is 129 g/mol. The van der Waals surface area contributed by atoms with Crippen LogP contribution in [-0.2, 0) is 0 Å². The summed E-state index contributed by atoms with van der Waals surface area (Å²) in [7, 11) is 0. The van der Waals surface area contributed by atoms with Crippen LogP contribution < -0.4 is 5.73 Å². The highest BCUT2D eigenvalue weighted by molar-refractivity contribution is 7.98. The predicted octanol–water partition coefficient (Wildman–Crippen LogP) is 0.700. The van der Waals surface area contributed by atoms with Crippen LogP contribution >= 0.6 is 11.8 Å². The standard InChI is InChI=1S/C6H11NS/c1-3-4-6(7)5-8-2/h1,6H,4-5,7H2,2H3. The molecule has 0 radical (unpaired) electrons. The Hall–Kier alpha value is -0.130. The van der Waals surface area contributed by atoms with Crippen molar-refractivity contribution in [2.24, 2.45) is 5.73 Å². The molecule has 0 aliphatic carbocycles. The summed E-state index contributed by atoms with van der Waals surface area (Å²) in [5, 5.41) is 0. The van der Waals surface area contributed by atoms with Crippen LogP contribution in [0.25, 0.3) is 0 Å². The lowest BCUT2D eigenvalue weighted by Crippen LogP contribution is -2.21. The van der Waals surface area contributed by atoms with Gasteiger partial charge in [-0.2, -0.15) is 11.8 Å². The molecule has 0 aromatic rings. The fourth-order valence-corrected chi connectivity index (χ4v) is 0.970. The van der Waals surface area contributed by atoms with Crippen molar-refractivity contribution in [3.05, 3.63) is 0 Å². The van der Waals surface area contributed by atoms with Crippen LogP contribution in [0.4, 0.5) is 0 Å². The zero-order valence-electron chi connectivity index (χ0n) is 5.05. The number of nitrogens with two attached hydrogens (primary N) is 1. The van der Waals surface area contributed by atoms with Crippen molar-refractivity contribution < 1.29 is 0 Å². The Labute approximate surface area is 55.0 Å². The molecule has 0 heterocycles. The van der Waals surface area contributed by atoms with Crippen molar-refractivity contribution in [2.75, 3.05) is 12.0 Å². The first-order chi connectivity index (χ1) is 3.81. The summed E-state index contributed by atoms with van der Waals surface area (Å²) < 4.78 is 0. The van der Waals surface area contributed by atoms with Crippen LogP contribution in [0, 0.1) is 12.3 Å². The van der Waals surface area contributed by atoms with Gasteiger partial charge in [-0.1, -0.05) is 0 Å². The van der Waals surface area contributed by atoms with Gasteiger partial charge in [0.25, 0.3) is 0 Å². The van der Waals surface area contributed by atoms with Crippen molar-refractivity contribution in [3.63, 3.8) is 0 Å². The van der Waals surface area contributed by atoms with E-state index in [0.717, 1.165) is 5.75 Å². The first-order valence-electron chi connectivity index (χ1n) is 2.49. The molecule has 0 bridgehead atoms. The van der Waals surface area contributed by atoms with Crippen molar-refractivity contribution >= 4 is 11.8 Å². The Morgan fingerprint density at radius 1 is 1.88 bits per heavy atom. The molecule has 0 aliphatic heterocycles. The molecule has 46 valence electrons. The minimum atomic E-state index is 0.190. The highest BCUT2D eigenvalue weighted by atomic mass is 32.2. The van der Waals surface area contributed by atoms with Crippen LogP contribution in [0.3, 0.4) is 0 Å². The topological polar surface area (TPSA) is 26.0 Å². The fourth-order valence-electron chi connectivity index (χ4n) is 0.424. The molecule has 0 saturated carbocycles. The van der Waals surface area contributed by atoms with E-state index in [0.29, 0.717) is 6.42 Å². The highest BCUT2D eigenvalue weighted by Crippen LogP contribution is 1.96.